The molecule has 0 saturated heterocycles. The molecule has 6 heteroatoms. The Bertz CT molecular complexity index is 774. The molecule has 2 unspecified atom stereocenters. The summed E-state index contributed by atoms with van der Waals surface area (Å²) >= 11 is 0. The van der Waals surface area contributed by atoms with E-state index in [0.717, 1.165) is 51.2 Å². The van der Waals surface area contributed by atoms with Gasteiger partial charge in [0.05, 0.1) is 19.5 Å². The molecule has 3 aliphatic carbocycles. The third kappa shape index (κ3) is 4.64. The van der Waals surface area contributed by atoms with Gasteiger partial charge in [0.2, 0.25) is 0 Å². The van der Waals surface area contributed by atoms with Crippen LogP contribution in [0.2, 0.25) is 0 Å². The van der Waals surface area contributed by atoms with Gasteiger partial charge in [-0.25, -0.2) is 0 Å². The molecule has 0 aromatic heterocycles. The molecule has 30 heavy (non-hydrogen) atoms. The average molecular weight is 441 g/mol. The van der Waals surface area contributed by atoms with Crippen LogP contribution in [0.25, 0.3) is 0 Å². The highest BCUT2D eigenvalue weighted by Crippen LogP contribution is 2.63. The molecular formula is C24H40O5S. The topological polar surface area (TPSA) is 69.7 Å². The van der Waals surface area contributed by atoms with Gasteiger partial charge < -0.3 is 4.74 Å². The lowest BCUT2D eigenvalue weighted by Gasteiger charge is -2.56. The van der Waals surface area contributed by atoms with Gasteiger partial charge in [0, 0.05) is 12.8 Å². The molecule has 0 N–H and O–H groups in total. The van der Waals surface area contributed by atoms with E-state index < -0.39 is 10.1 Å². The number of ether oxygens (including phenoxy) is 1. The zero-order valence-electron chi connectivity index (χ0n) is 19.4. The first-order valence-corrected chi connectivity index (χ1v) is 13.3. The number of esters is 1. The lowest BCUT2D eigenvalue weighted by molar-refractivity contribution is -0.149. The molecule has 0 bridgehead atoms. The van der Waals surface area contributed by atoms with Gasteiger partial charge in [0.25, 0.3) is 10.1 Å². The Labute approximate surface area is 183 Å². The van der Waals surface area contributed by atoms with E-state index in [9.17, 15) is 13.2 Å². The third-order valence-electron chi connectivity index (χ3n) is 9.00. The molecule has 0 aromatic rings. The van der Waals surface area contributed by atoms with E-state index in [0.29, 0.717) is 24.4 Å². The van der Waals surface area contributed by atoms with Crippen molar-refractivity contribution >= 4 is 16.1 Å². The zero-order valence-corrected chi connectivity index (χ0v) is 20.2. The predicted octanol–water partition coefficient (Wildman–Crippen LogP) is 4.97. The molecule has 3 aliphatic rings. The van der Waals surface area contributed by atoms with E-state index in [1.54, 1.807) is 0 Å². The summed E-state index contributed by atoms with van der Waals surface area (Å²) in [6, 6.07) is 0. The van der Waals surface area contributed by atoms with Gasteiger partial charge in [-0.3, -0.25) is 8.98 Å². The van der Waals surface area contributed by atoms with E-state index in [4.69, 9.17) is 8.92 Å². The van der Waals surface area contributed by atoms with E-state index in [1.165, 1.54) is 12.5 Å². The third-order valence-corrected chi connectivity index (χ3v) is 9.56. The first-order chi connectivity index (χ1) is 13.9. The second-order valence-corrected chi connectivity index (χ2v) is 12.5. The van der Waals surface area contributed by atoms with Crippen LogP contribution in [-0.2, 0) is 23.8 Å². The number of allylic oxidation sites excluding steroid dienone is 1. The van der Waals surface area contributed by atoms with Gasteiger partial charge in [-0.05, 0) is 73.0 Å². The number of fused-ring (bicyclic) bond motifs is 1. The molecule has 0 amide bonds. The van der Waals surface area contributed by atoms with E-state index >= 15 is 0 Å². The largest absolute Gasteiger partial charge is 0.466 e. The molecule has 0 radical (unpaired) electrons. The number of rotatable bonds is 6. The molecule has 0 heterocycles. The molecule has 5 nitrogen and oxygen atoms in total. The Hall–Kier alpha value is -0.880. The van der Waals surface area contributed by atoms with Gasteiger partial charge in [0.1, 0.15) is 0 Å². The van der Waals surface area contributed by atoms with Crippen LogP contribution >= 0.6 is 0 Å². The number of carbonyl (C=O) groups excluding carboxylic acids is 1. The number of hydrogen-bond donors (Lipinski definition) is 0. The van der Waals surface area contributed by atoms with Crippen molar-refractivity contribution in [2.24, 2.45) is 40.4 Å². The highest BCUT2D eigenvalue weighted by molar-refractivity contribution is 7.85. The Morgan fingerprint density at radius 1 is 1.13 bits per heavy atom. The Morgan fingerprint density at radius 3 is 2.47 bits per heavy atom. The highest BCUT2D eigenvalue weighted by atomic mass is 32.2. The number of carbonyl (C=O) groups is 1. The van der Waals surface area contributed by atoms with Crippen LogP contribution in [0, 0.1) is 40.4 Å². The van der Waals surface area contributed by atoms with E-state index in [2.05, 4.69) is 27.4 Å². The maximum atomic E-state index is 11.7. The van der Waals surface area contributed by atoms with Crippen molar-refractivity contribution in [3.8, 4) is 0 Å². The predicted molar refractivity (Wildman–Crippen MR) is 118 cm³/mol. The first kappa shape index (κ1) is 23.8. The fourth-order valence-electron chi connectivity index (χ4n) is 7.05. The van der Waals surface area contributed by atoms with Gasteiger partial charge in [-0.15, -0.1) is 0 Å². The van der Waals surface area contributed by atoms with Gasteiger partial charge in [-0.2, -0.15) is 8.42 Å². The monoisotopic (exact) mass is 440 g/mol. The average Bonchev–Trinajstić information content (AvgIpc) is 2.95. The fraction of sp³-hybridized carbons (Fsp3) is 0.875. The summed E-state index contributed by atoms with van der Waals surface area (Å²) in [5.41, 5.74) is 1.45. The summed E-state index contributed by atoms with van der Waals surface area (Å²) in [5, 5.41) is 0. The Balaban J connectivity index is 1.91. The van der Waals surface area contributed by atoms with Crippen LogP contribution in [0.15, 0.2) is 12.2 Å². The Kier molecular flexibility index (Phi) is 6.79. The van der Waals surface area contributed by atoms with Crippen molar-refractivity contribution in [2.45, 2.75) is 72.6 Å². The van der Waals surface area contributed by atoms with Crippen molar-refractivity contribution in [1.82, 2.24) is 0 Å². The van der Waals surface area contributed by atoms with Crippen LogP contribution in [-0.4, -0.2) is 33.9 Å². The van der Waals surface area contributed by atoms with Crippen LogP contribution in [0.1, 0.15) is 72.6 Å². The molecule has 7 atom stereocenters. The normalized spacial score (nSPS) is 42.0. The molecule has 3 saturated carbocycles. The van der Waals surface area contributed by atoms with Gasteiger partial charge >= 0.3 is 5.97 Å². The van der Waals surface area contributed by atoms with Crippen molar-refractivity contribution < 1.29 is 22.1 Å². The Morgan fingerprint density at radius 2 is 1.83 bits per heavy atom. The standard InChI is InChI=1S/C24H40O5S/c1-16-9-11-24(5,19(13-16)14-29-30(6,26)27)22-10-12-23(4)17(2)7-8-21(23)20(22)15-28-18(3)25/h16,19-22H,2,7-15H2,1,3-6H3/t16-,19+,20-,21?,22?,23+,24-/m0/s1. The van der Waals surface area contributed by atoms with Crippen LogP contribution in [0.3, 0.4) is 0 Å². The van der Waals surface area contributed by atoms with Crippen molar-refractivity contribution in [1.29, 1.82) is 0 Å². The van der Waals surface area contributed by atoms with E-state index in [-0.39, 0.29) is 35.2 Å². The maximum absolute atomic E-state index is 11.7. The smallest absolute Gasteiger partial charge is 0.302 e. The molecular weight excluding hydrogens is 400 g/mol. The highest BCUT2D eigenvalue weighted by Gasteiger charge is 2.57. The summed E-state index contributed by atoms with van der Waals surface area (Å²) in [5.74, 6) is 1.67. The second-order valence-electron chi connectivity index (χ2n) is 10.8. The van der Waals surface area contributed by atoms with Gasteiger partial charge in [0.15, 0.2) is 0 Å². The van der Waals surface area contributed by atoms with Crippen LogP contribution in [0.4, 0.5) is 0 Å². The summed E-state index contributed by atoms with van der Waals surface area (Å²) in [7, 11) is -3.47. The SMILES string of the molecule is C=C1CCC2[C@H](COC(C)=O)C([C@@]3(C)CC[C@H](C)C[C@@H]3COS(C)(=O)=O)CC[C@]12C. The quantitative estimate of drug-likeness (QED) is 0.331. The fourth-order valence-corrected chi connectivity index (χ4v) is 7.46. The maximum Gasteiger partial charge on any atom is 0.302 e. The molecule has 0 spiro atoms. The summed E-state index contributed by atoms with van der Waals surface area (Å²) in [6.45, 7) is 13.5. The minimum absolute atomic E-state index is 0.0206. The summed E-state index contributed by atoms with van der Waals surface area (Å²) in [6.07, 6.45) is 8.68. The van der Waals surface area contributed by atoms with Crippen molar-refractivity contribution in [2.75, 3.05) is 19.5 Å². The van der Waals surface area contributed by atoms with E-state index in [1.807, 2.05) is 0 Å². The number of hydrogen-bond acceptors (Lipinski definition) is 5. The van der Waals surface area contributed by atoms with Crippen molar-refractivity contribution in [3.05, 3.63) is 12.2 Å². The van der Waals surface area contributed by atoms with Crippen LogP contribution < -0.4 is 0 Å². The molecule has 172 valence electrons. The zero-order chi connectivity index (χ0) is 22.3. The minimum Gasteiger partial charge on any atom is -0.466 e. The molecule has 3 rings (SSSR count). The molecule has 0 aliphatic heterocycles. The molecule has 0 aromatic carbocycles. The first-order valence-electron chi connectivity index (χ1n) is 11.5. The summed E-state index contributed by atoms with van der Waals surface area (Å²) in [4.78, 5) is 11.7. The summed E-state index contributed by atoms with van der Waals surface area (Å²) < 4.78 is 34.4. The minimum atomic E-state index is -3.47. The lowest BCUT2D eigenvalue weighted by atomic mass is 9.49. The lowest BCUT2D eigenvalue weighted by Crippen LogP contribution is -2.51. The van der Waals surface area contributed by atoms with Crippen LogP contribution in [0.5, 0.6) is 0 Å². The van der Waals surface area contributed by atoms with Gasteiger partial charge in [-0.1, -0.05) is 39.3 Å². The van der Waals surface area contributed by atoms with Crippen molar-refractivity contribution in [3.63, 3.8) is 0 Å². The molecule has 3 fully saturated rings. The second kappa shape index (κ2) is 8.57.